The Kier molecular flexibility index (Phi) is 3.87. The highest BCUT2D eigenvalue weighted by Crippen LogP contribution is 2.08. The van der Waals surface area contributed by atoms with E-state index < -0.39 is 0 Å². The van der Waals surface area contributed by atoms with Gasteiger partial charge in [0.1, 0.15) is 0 Å². The van der Waals surface area contributed by atoms with Crippen molar-refractivity contribution >= 4 is 0 Å². The summed E-state index contributed by atoms with van der Waals surface area (Å²) in [6, 6.07) is 0. The number of nitrogens with one attached hydrogen (secondary N) is 1. The molecule has 0 saturated carbocycles. The summed E-state index contributed by atoms with van der Waals surface area (Å²) in [7, 11) is 2.22. The number of rotatable bonds is 2. The van der Waals surface area contributed by atoms with Gasteiger partial charge in [-0.05, 0) is 25.9 Å². The zero-order chi connectivity index (χ0) is 8.10. The highest BCUT2D eigenvalue weighted by molar-refractivity contribution is 4.70. The molecule has 0 radical (unpaired) electrons. The van der Waals surface area contributed by atoms with E-state index in [4.69, 9.17) is 0 Å². The first kappa shape index (κ1) is 9.01. The van der Waals surface area contributed by atoms with E-state index in [-0.39, 0.29) is 0 Å². The molecule has 0 amide bonds. The zero-order valence-corrected chi connectivity index (χ0v) is 7.77. The largest absolute Gasteiger partial charge is 0.315 e. The molecule has 2 heteroatoms. The van der Waals surface area contributed by atoms with Gasteiger partial charge in [-0.2, -0.15) is 0 Å². The van der Waals surface area contributed by atoms with Gasteiger partial charge < -0.3 is 10.2 Å². The van der Waals surface area contributed by atoms with Crippen LogP contribution in [-0.4, -0.2) is 38.1 Å². The van der Waals surface area contributed by atoms with E-state index in [1.807, 2.05) is 0 Å². The summed E-state index contributed by atoms with van der Waals surface area (Å²) in [4.78, 5) is 2.43. The van der Waals surface area contributed by atoms with Crippen LogP contribution in [0.2, 0.25) is 0 Å². The fourth-order valence-corrected chi connectivity index (χ4v) is 1.77. The SMILES string of the molecule is CCCC1CNCCN(C)C1. The maximum atomic E-state index is 3.47. The monoisotopic (exact) mass is 156 g/mol. The molecule has 0 spiro atoms. The van der Waals surface area contributed by atoms with E-state index >= 15 is 0 Å². The van der Waals surface area contributed by atoms with Crippen molar-refractivity contribution in [2.75, 3.05) is 33.2 Å². The second-order valence-electron chi connectivity index (χ2n) is 3.62. The number of nitrogens with zero attached hydrogens (tertiary/aromatic N) is 1. The van der Waals surface area contributed by atoms with Gasteiger partial charge in [0.25, 0.3) is 0 Å². The van der Waals surface area contributed by atoms with Crippen LogP contribution < -0.4 is 5.32 Å². The van der Waals surface area contributed by atoms with Crippen molar-refractivity contribution in [3.8, 4) is 0 Å². The smallest absolute Gasteiger partial charge is 0.0104 e. The standard InChI is InChI=1S/C9H20N2/c1-3-4-9-7-10-5-6-11(2)8-9/h9-10H,3-8H2,1-2H3. The average molecular weight is 156 g/mol. The van der Waals surface area contributed by atoms with Gasteiger partial charge in [-0.15, -0.1) is 0 Å². The van der Waals surface area contributed by atoms with Crippen molar-refractivity contribution in [2.24, 2.45) is 5.92 Å². The maximum Gasteiger partial charge on any atom is 0.0104 e. The molecule has 1 fully saturated rings. The van der Waals surface area contributed by atoms with E-state index in [1.54, 1.807) is 0 Å². The molecule has 11 heavy (non-hydrogen) atoms. The molecule has 0 aromatic heterocycles. The number of hydrogen-bond donors (Lipinski definition) is 1. The quantitative estimate of drug-likeness (QED) is 0.640. The Morgan fingerprint density at radius 3 is 3.09 bits per heavy atom. The highest BCUT2D eigenvalue weighted by Gasteiger charge is 2.13. The summed E-state index contributed by atoms with van der Waals surface area (Å²) in [6.07, 6.45) is 2.69. The molecule has 1 saturated heterocycles. The fourth-order valence-electron chi connectivity index (χ4n) is 1.77. The van der Waals surface area contributed by atoms with Gasteiger partial charge in [0.05, 0.1) is 0 Å². The molecule has 1 unspecified atom stereocenters. The van der Waals surface area contributed by atoms with Gasteiger partial charge >= 0.3 is 0 Å². The molecular weight excluding hydrogens is 136 g/mol. The zero-order valence-electron chi connectivity index (χ0n) is 7.77. The molecule has 2 nitrogen and oxygen atoms in total. The van der Waals surface area contributed by atoms with Crippen LogP contribution in [-0.2, 0) is 0 Å². The molecule has 1 aliphatic rings. The lowest BCUT2D eigenvalue weighted by Crippen LogP contribution is -2.25. The number of likely N-dealkylation sites (N-methyl/N-ethyl adjacent to an activating group) is 1. The summed E-state index contributed by atoms with van der Waals surface area (Å²) in [5, 5.41) is 3.47. The summed E-state index contributed by atoms with van der Waals surface area (Å²) < 4.78 is 0. The van der Waals surface area contributed by atoms with Crippen LogP contribution in [0.4, 0.5) is 0 Å². The molecule has 1 rings (SSSR count). The van der Waals surface area contributed by atoms with Crippen LogP contribution in [0, 0.1) is 5.92 Å². The number of hydrogen-bond acceptors (Lipinski definition) is 2. The lowest BCUT2D eigenvalue weighted by Gasteiger charge is -2.18. The second kappa shape index (κ2) is 4.73. The summed E-state index contributed by atoms with van der Waals surface area (Å²) >= 11 is 0. The van der Waals surface area contributed by atoms with Crippen molar-refractivity contribution in [2.45, 2.75) is 19.8 Å². The minimum Gasteiger partial charge on any atom is -0.315 e. The third-order valence-electron chi connectivity index (χ3n) is 2.37. The molecule has 1 atom stereocenters. The van der Waals surface area contributed by atoms with Gasteiger partial charge in [0, 0.05) is 19.6 Å². The van der Waals surface area contributed by atoms with E-state index in [2.05, 4.69) is 24.2 Å². The van der Waals surface area contributed by atoms with E-state index in [0.29, 0.717) is 0 Å². The van der Waals surface area contributed by atoms with E-state index in [9.17, 15) is 0 Å². The van der Waals surface area contributed by atoms with Crippen LogP contribution in [0.15, 0.2) is 0 Å². The topological polar surface area (TPSA) is 15.3 Å². The predicted molar refractivity (Wildman–Crippen MR) is 48.8 cm³/mol. The predicted octanol–water partition coefficient (Wildman–Crippen LogP) is 0.938. The van der Waals surface area contributed by atoms with Gasteiger partial charge in [-0.3, -0.25) is 0 Å². The minimum atomic E-state index is 0.882. The molecule has 1 heterocycles. The van der Waals surface area contributed by atoms with Crippen molar-refractivity contribution in [3.05, 3.63) is 0 Å². The highest BCUT2D eigenvalue weighted by atomic mass is 15.1. The Hall–Kier alpha value is -0.0800. The summed E-state index contributed by atoms with van der Waals surface area (Å²) in [5.74, 6) is 0.882. The van der Waals surface area contributed by atoms with Gasteiger partial charge in [-0.25, -0.2) is 0 Å². The van der Waals surface area contributed by atoms with E-state index in [1.165, 1.54) is 32.5 Å². The van der Waals surface area contributed by atoms with Crippen molar-refractivity contribution in [1.29, 1.82) is 0 Å². The molecule has 1 N–H and O–H groups in total. The van der Waals surface area contributed by atoms with Crippen molar-refractivity contribution < 1.29 is 0 Å². The van der Waals surface area contributed by atoms with Crippen LogP contribution >= 0.6 is 0 Å². The third-order valence-corrected chi connectivity index (χ3v) is 2.37. The lowest BCUT2D eigenvalue weighted by atomic mass is 10.0. The van der Waals surface area contributed by atoms with Crippen molar-refractivity contribution in [3.63, 3.8) is 0 Å². The third kappa shape index (κ3) is 3.21. The average Bonchev–Trinajstić information content (AvgIpc) is 2.15. The summed E-state index contributed by atoms with van der Waals surface area (Å²) in [6.45, 7) is 7.14. The Balaban J connectivity index is 2.27. The van der Waals surface area contributed by atoms with Crippen LogP contribution in [0.25, 0.3) is 0 Å². The van der Waals surface area contributed by atoms with Gasteiger partial charge in [0.2, 0.25) is 0 Å². The van der Waals surface area contributed by atoms with Crippen LogP contribution in [0.3, 0.4) is 0 Å². The first-order chi connectivity index (χ1) is 5.33. The molecule has 0 bridgehead atoms. The molecule has 0 aliphatic carbocycles. The Bertz CT molecular complexity index is 104. The normalized spacial score (nSPS) is 28.4. The first-order valence-electron chi connectivity index (χ1n) is 4.72. The molecule has 0 aromatic rings. The van der Waals surface area contributed by atoms with Crippen LogP contribution in [0.1, 0.15) is 19.8 Å². The molecular formula is C9H20N2. The molecule has 0 aromatic carbocycles. The van der Waals surface area contributed by atoms with Gasteiger partial charge in [0.15, 0.2) is 0 Å². The molecule has 66 valence electrons. The first-order valence-corrected chi connectivity index (χ1v) is 4.72. The summed E-state index contributed by atoms with van der Waals surface area (Å²) in [5.41, 5.74) is 0. The van der Waals surface area contributed by atoms with Crippen molar-refractivity contribution in [1.82, 2.24) is 10.2 Å². The maximum absolute atomic E-state index is 3.47. The van der Waals surface area contributed by atoms with Gasteiger partial charge in [-0.1, -0.05) is 13.3 Å². The Labute approximate surface area is 70.0 Å². The fraction of sp³-hybridized carbons (Fsp3) is 1.00. The lowest BCUT2D eigenvalue weighted by molar-refractivity contribution is 0.300. The van der Waals surface area contributed by atoms with Crippen LogP contribution in [0.5, 0.6) is 0 Å². The second-order valence-corrected chi connectivity index (χ2v) is 3.62. The Morgan fingerprint density at radius 1 is 1.55 bits per heavy atom. The van der Waals surface area contributed by atoms with E-state index in [0.717, 1.165) is 12.5 Å². The Morgan fingerprint density at radius 2 is 2.36 bits per heavy atom. The molecule has 1 aliphatic heterocycles. The minimum absolute atomic E-state index is 0.882.